The van der Waals surface area contributed by atoms with Crippen molar-refractivity contribution in [1.29, 1.82) is 0 Å². The molecule has 0 aliphatic carbocycles. The summed E-state index contributed by atoms with van der Waals surface area (Å²) in [6.07, 6.45) is 3.45. The average molecular weight is 130 g/mol. The SMILES string of the molecule is S=Pc1ncc[nH]1. The molecule has 1 N–H and O–H groups in total. The number of hydrogen-bond acceptors (Lipinski definition) is 2. The van der Waals surface area contributed by atoms with Crippen molar-refractivity contribution < 1.29 is 0 Å². The van der Waals surface area contributed by atoms with Gasteiger partial charge in [-0.05, 0) is 11.8 Å². The highest BCUT2D eigenvalue weighted by molar-refractivity contribution is 7.99. The van der Waals surface area contributed by atoms with E-state index < -0.39 is 0 Å². The quantitative estimate of drug-likeness (QED) is 0.559. The van der Waals surface area contributed by atoms with E-state index >= 15 is 0 Å². The van der Waals surface area contributed by atoms with E-state index in [0.717, 1.165) is 12.9 Å². The number of nitrogens with one attached hydrogen (secondary N) is 1. The fraction of sp³-hybridized carbons (Fsp3) is 0. The Morgan fingerprint density at radius 2 is 2.71 bits per heavy atom. The van der Waals surface area contributed by atoms with Crippen LogP contribution in [0.4, 0.5) is 0 Å². The number of aromatic amines is 1. The maximum absolute atomic E-state index is 4.65. The zero-order chi connectivity index (χ0) is 5.11. The summed E-state index contributed by atoms with van der Waals surface area (Å²) in [5.41, 5.74) is 0.843. The first-order valence-electron chi connectivity index (χ1n) is 1.76. The van der Waals surface area contributed by atoms with E-state index in [0.29, 0.717) is 0 Å². The van der Waals surface area contributed by atoms with Gasteiger partial charge in [0.25, 0.3) is 0 Å². The number of hydrogen-bond donors (Lipinski definition) is 1. The molecule has 1 rings (SSSR count). The lowest BCUT2D eigenvalue weighted by Crippen LogP contribution is -1.92. The number of nitrogens with zero attached hydrogens (tertiary/aromatic N) is 1. The van der Waals surface area contributed by atoms with E-state index in [1.165, 1.54) is 0 Å². The molecule has 0 aliphatic heterocycles. The Morgan fingerprint density at radius 3 is 3.00 bits per heavy atom. The van der Waals surface area contributed by atoms with Crippen molar-refractivity contribution in [2.75, 3.05) is 0 Å². The van der Waals surface area contributed by atoms with Crippen LogP contribution in [0.3, 0.4) is 0 Å². The van der Waals surface area contributed by atoms with Gasteiger partial charge in [0, 0.05) is 19.7 Å². The Morgan fingerprint density at radius 1 is 1.86 bits per heavy atom. The van der Waals surface area contributed by atoms with E-state index in [9.17, 15) is 0 Å². The minimum atomic E-state index is 0.782. The van der Waals surface area contributed by atoms with E-state index in [1.54, 1.807) is 12.4 Å². The molecule has 0 fully saturated rings. The van der Waals surface area contributed by atoms with Crippen molar-refractivity contribution in [3.63, 3.8) is 0 Å². The molecule has 1 aromatic rings. The zero-order valence-electron chi connectivity index (χ0n) is 3.46. The molecule has 1 aromatic heterocycles. The van der Waals surface area contributed by atoms with Crippen LogP contribution in [0.5, 0.6) is 0 Å². The maximum Gasteiger partial charge on any atom is 0.168 e. The molecule has 0 atom stereocenters. The molecule has 0 bridgehead atoms. The third kappa shape index (κ3) is 1.05. The molecule has 0 aromatic carbocycles. The standard InChI is InChI=1S/C3H3N2PS/c7-6-3-4-1-2-5-3/h1-2H,(H,4,5). The van der Waals surface area contributed by atoms with E-state index in [1.807, 2.05) is 0 Å². The van der Waals surface area contributed by atoms with Crippen molar-refractivity contribution in [2.45, 2.75) is 0 Å². The van der Waals surface area contributed by atoms with Crippen LogP contribution in [0.15, 0.2) is 12.4 Å². The van der Waals surface area contributed by atoms with Gasteiger partial charge in [-0.2, -0.15) is 0 Å². The van der Waals surface area contributed by atoms with Crippen molar-refractivity contribution in [1.82, 2.24) is 9.97 Å². The lowest BCUT2D eigenvalue weighted by Gasteiger charge is -1.69. The summed E-state index contributed by atoms with van der Waals surface area (Å²) in [6, 6.07) is 0. The minimum Gasteiger partial charge on any atom is -0.341 e. The lowest BCUT2D eigenvalue weighted by atomic mass is 11.0. The highest BCUT2D eigenvalue weighted by atomic mass is 32.4. The number of imidazole rings is 1. The van der Waals surface area contributed by atoms with Gasteiger partial charge < -0.3 is 4.98 Å². The minimum absolute atomic E-state index is 0.782. The van der Waals surface area contributed by atoms with Gasteiger partial charge in [0.05, 0.1) is 0 Å². The number of H-pyrrole nitrogens is 1. The summed E-state index contributed by atoms with van der Waals surface area (Å²) in [6.45, 7) is 0. The first-order valence-corrected chi connectivity index (χ1v) is 3.67. The van der Waals surface area contributed by atoms with Crippen LogP contribution in [-0.2, 0) is 11.8 Å². The smallest absolute Gasteiger partial charge is 0.168 e. The number of aromatic nitrogens is 2. The molecule has 0 spiro atoms. The van der Waals surface area contributed by atoms with Gasteiger partial charge >= 0.3 is 0 Å². The summed E-state index contributed by atoms with van der Waals surface area (Å²) in [4.78, 5) is 6.72. The zero-order valence-corrected chi connectivity index (χ0v) is 5.17. The second-order valence-electron chi connectivity index (χ2n) is 1.00. The normalized spacial score (nSPS) is 9.71. The molecule has 0 saturated carbocycles. The molecular formula is C3H3N2PS. The largest absolute Gasteiger partial charge is 0.341 e. The van der Waals surface area contributed by atoms with Gasteiger partial charge in [-0.3, -0.25) is 0 Å². The van der Waals surface area contributed by atoms with Crippen LogP contribution < -0.4 is 5.57 Å². The van der Waals surface area contributed by atoms with Crippen molar-refractivity contribution in [3.8, 4) is 0 Å². The molecule has 0 amide bonds. The summed E-state index contributed by atoms with van der Waals surface area (Å²) < 4.78 is 0. The monoisotopic (exact) mass is 130 g/mol. The summed E-state index contributed by atoms with van der Waals surface area (Å²) >= 11 is 4.65. The second kappa shape index (κ2) is 2.15. The van der Waals surface area contributed by atoms with Crippen molar-refractivity contribution >= 4 is 24.7 Å². The second-order valence-corrected chi connectivity index (χ2v) is 2.16. The highest BCUT2D eigenvalue weighted by Crippen LogP contribution is 1.84. The fourth-order valence-corrected chi connectivity index (χ4v) is 0.847. The molecule has 2 nitrogen and oxygen atoms in total. The molecule has 7 heavy (non-hydrogen) atoms. The van der Waals surface area contributed by atoms with E-state index in [2.05, 4.69) is 21.8 Å². The molecule has 0 aliphatic rings. The Bertz CT molecular complexity index is 148. The fourth-order valence-electron chi connectivity index (χ4n) is 0.307. The lowest BCUT2D eigenvalue weighted by molar-refractivity contribution is 1.41. The Hall–Kier alpha value is -0.270. The molecule has 0 saturated heterocycles. The number of rotatable bonds is 1. The van der Waals surface area contributed by atoms with Crippen LogP contribution in [-0.4, -0.2) is 9.97 Å². The van der Waals surface area contributed by atoms with Gasteiger partial charge in [0.2, 0.25) is 0 Å². The van der Waals surface area contributed by atoms with E-state index in [-0.39, 0.29) is 0 Å². The first-order chi connectivity index (χ1) is 3.43. The first kappa shape index (κ1) is 4.88. The predicted octanol–water partition coefficient (Wildman–Crippen LogP) is 0.443. The summed E-state index contributed by atoms with van der Waals surface area (Å²) in [5, 5.41) is 0. The Balaban J connectivity index is 2.96. The highest BCUT2D eigenvalue weighted by Gasteiger charge is 1.81. The van der Waals surface area contributed by atoms with Crippen LogP contribution in [0.2, 0.25) is 0 Å². The molecular weight excluding hydrogens is 127 g/mol. The summed E-state index contributed by atoms with van der Waals surface area (Å²) in [5.74, 6) is 0. The van der Waals surface area contributed by atoms with Crippen molar-refractivity contribution in [3.05, 3.63) is 12.4 Å². The molecule has 36 valence electrons. The van der Waals surface area contributed by atoms with Crippen LogP contribution in [0.25, 0.3) is 0 Å². The van der Waals surface area contributed by atoms with Crippen molar-refractivity contribution in [2.24, 2.45) is 0 Å². The van der Waals surface area contributed by atoms with Gasteiger partial charge in [0.1, 0.15) is 0 Å². The van der Waals surface area contributed by atoms with Gasteiger partial charge in [-0.1, -0.05) is 0 Å². The molecule has 0 unspecified atom stereocenters. The Kier molecular flexibility index (Phi) is 1.50. The molecule has 1 heterocycles. The van der Waals surface area contributed by atoms with Crippen LogP contribution in [0.1, 0.15) is 0 Å². The molecule has 0 radical (unpaired) electrons. The summed E-state index contributed by atoms with van der Waals surface area (Å²) in [7, 11) is 0.782. The third-order valence-corrected chi connectivity index (χ3v) is 1.51. The van der Waals surface area contributed by atoms with Crippen LogP contribution >= 0.6 is 7.36 Å². The Labute approximate surface area is 47.8 Å². The topological polar surface area (TPSA) is 28.7 Å². The van der Waals surface area contributed by atoms with Gasteiger partial charge in [-0.25, -0.2) is 4.98 Å². The predicted molar refractivity (Wildman–Crippen MR) is 32.5 cm³/mol. The van der Waals surface area contributed by atoms with Crippen LogP contribution in [0, 0.1) is 0 Å². The maximum atomic E-state index is 4.65. The van der Waals surface area contributed by atoms with Gasteiger partial charge in [0.15, 0.2) is 5.57 Å². The molecule has 4 heteroatoms. The van der Waals surface area contributed by atoms with E-state index in [4.69, 9.17) is 0 Å². The third-order valence-electron chi connectivity index (χ3n) is 0.570. The average Bonchev–Trinajstić information content (AvgIpc) is 2.14. The van der Waals surface area contributed by atoms with Gasteiger partial charge in [-0.15, -0.1) is 0 Å².